The largest absolute Gasteiger partial charge is 0.483 e. The van der Waals surface area contributed by atoms with Crippen LogP contribution >= 0.6 is 0 Å². The van der Waals surface area contributed by atoms with Crippen LogP contribution in [0.5, 0.6) is 5.75 Å². The van der Waals surface area contributed by atoms with Gasteiger partial charge in [0, 0.05) is 16.7 Å². The van der Waals surface area contributed by atoms with Crippen LogP contribution in [0.3, 0.4) is 0 Å². The number of aliphatic hydroxyl groups excluding tert-OH is 2. The SMILES string of the molecule is Cc1ccc(-c2noc(COc3c(CO)cc(F)cc3CO)n2)cc1. The van der Waals surface area contributed by atoms with Gasteiger partial charge >= 0.3 is 0 Å². The fourth-order valence-electron chi connectivity index (χ4n) is 2.40. The van der Waals surface area contributed by atoms with Crippen molar-refractivity contribution >= 4 is 0 Å². The van der Waals surface area contributed by atoms with Gasteiger partial charge in [0.05, 0.1) is 13.2 Å². The first kappa shape index (κ1) is 17.1. The number of aliphatic hydroxyl groups is 2. The highest BCUT2D eigenvalue weighted by atomic mass is 19.1. The molecule has 0 aliphatic rings. The minimum Gasteiger partial charge on any atom is -0.483 e. The fraction of sp³-hybridized carbons (Fsp3) is 0.222. The summed E-state index contributed by atoms with van der Waals surface area (Å²) in [6.45, 7) is 1.08. The topological polar surface area (TPSA) is 88.6 Å². The third-order valence-electron chi connectivity index (χ3n) is 3.67. The number of ether oxygens (including phenoxy) is 1. The zero-order valence-corrected chi connectivity index (χ0v) is 13.6. The van der Waals surface area contributed by atoms with Crippen molar-refractivity contribution in [2.75, 3.05) is 0 Å². The summed E-state index contributed by atoms with van der Waals surface area (Å²) in [6.07, 6.45) is 0. The molecular formula is C18H17FN2O4. The van der Waals surface area contributed by atoms with Gasteiger partial charge in [-0.25, -0.2) is 4.39 Å². The molecule has 2 N–H and O–H groups in total. The van der Waals surface area contributed by atoms with Crippen LogP contribution in [0.1, 0.15) is 22.6 Å². The van der Waals surface area contributed by atoms with Crippen LogP contribution < -0.4 is 4.74 Å². The van der Waals surface area contributed by atoms with Crippen LogP contribution in [-0.2, 0) is 19.8 Å². The molecule has 3 rings (SSSR count). The van der Waals surface area contributed by atoms with E-state index in [9.17, 15) is 14.6 Å². The van der Waals surface area contributed by atoms with Gasteiger partial charge in [0.2, 0.25) is 5.82 Å². The lowest BCUT2D eigenvalue weighted by Gasteiger charge is -2.12. The van der Waals surface area contributed by atoms with Gasteiger partial charge < -0.3 is 19.5 Å². The average Bonchev–Trinajstić information content (AvgIpc) is 3.09. The Bertz CT molecular complexity index is 837. The van der Waals surface area contributed by atoms with Crippen LogP contribution in [0.4, 0.5) is 4.39 Å². The van der Waals surface area contributed by atoms with Gasteiger partial charge in [-0.05, 0) is 19.1 Å². The van der Waals surface area contributed by atoms with Gasteiger partial charge in [0.15, 0.2) is 6.61 Å². The summed E-state index contributed by atoms with van der Waals surface area (Å²) in [5, 5.41) is 22.6. The van der Waals surface area contributed by atoms with E-state index in [0.29, 0.717) is 5.82 Å². The molecule has 0 aliphatic heterocycles. The fourth-order valence-corrected chi connectivity index (χ4v) is 2.40. The van der Waals surface area contributed by atoms with Gasteiger partial charge in [0.1, 0.15) is 11.6 Å². The van der Waals surface area contributed by atoms with E-state index in [1.54, 1.807) is 0 Å². The number of hydrogen-bond acceptors (Lipinski definition) is 6. The second-order valence-corrected chi connectivity index (χ2v) is 5.54. The van der Waals surface area contributed by atoms with Crippen molar-refractivity contribution in [3.05, 3.63) is 64.8 Å². The zero-order chi connectivity index (χ0) is 17.8. The van der Waals surface area contributed by atoms with Crippen LogP contribution in [0.2, 0.25) is 0 Å². The molecule has 7 heteroatoms. The first-order valence-corrected chi connectivity index (χ1v) is 7.66. The van der Waals surface area contributed by atoms with Gasteiger partial charge in [-0.3, -0.25) is 0 Å². The summed E-state index contributed by atoms with van der Waals surface area (Å²) in [6, 6.07) is 9.97. The molecule has 3 aromatic rings. The highest BCUT2D eigenvalue weighted by Crippen LogP contribution is 2.27. The lowest BCUT2D eigenvalue weighted by Crippen LogP contribution is -2.04. The summed E-state index contributed by atoms with van der Waals surface area (Å²) in [5.74, 6) is 0.316. The third-order valence-corrected chi connectivity index (χ3v) is 3.67. The Morgan fingerprint density at radius 3 is 2.32 bits per heavy atom. The Morgan fingerprint density at radius 2 is 1.72 bits per heavy atom. The van der Waals surface area contributed by atoms with E-state index in [0.717, 1.165) is 23.3 Å². The molecule has 0 fully saturated rings. The van der Waals surface area contributed by atoms with Crippen LogP contribution in [0, 0.1) is 12.7 Å². The number of benzene rings is 2. The van der Waals surface area contributed by atoms with E-state index in [-0.39, 0.29) is 29.4 Å². The molecule has 0 spiro atoms. The summed E-state index contributed by atoms with van der Waals surface area (Å²) in [7, 11) is 0. The number of aromatic nitrogens is 2. The van der Waals surface area contributed by atoms with Gasteiger partial charge in [-0.1, -0.05) is 35.0 Å². The Balaban J connectivity index is 1.78. The summed E-state index contributed by atoms with van der Waals surface area (Å²) >= 11 is 0. The van der Waals surface area contributed by atoms with E-state index >= 15 is 0 Å². The molecule has 2 aromatic carbocycles. The van der Waals surface area contributed by atoms with Crippen molar-refractivity contribution < 1.29 is 23.9 Å². The van der Waals surface area contributed by atoms with Crippen LogP contribution in [0.15, 0.2) is 40.9 Å². The average molecular weight is 344 g/mol. The number of aryl methyl sites for hydroxylation is 1. The van der Waals surface area contributed by atoms with Crippen molar-refractivity contribution in [1.29, 1.82) is 0 Å². The Morgan fingerprint density at radius 1 is 1.08 bits per heavy atom. The van der Waals surface area contributed by atoms with Crippen molar-refractivity contribution in [1.82, 2.24) is 10.1 Å². The van der Waals surface area contributed by atoms with Crippen LogP contribution in [-0.4, -0.2) is 20.4 Å². The van der Waals surface area contributed by atoms with E-state index in [1.807, 2.05) is 31.2 Å². The summed E-state index contributed by atoms with van der Waals surface area (Å²) in [4.78, 5) is 4.25. The maximum Gasteiger partial charge on any atom is 0.264 e. The first-order valence-electron chi connectivity index (χ1n) is 7.66. The molecule has 0 saturated carbocycles. The molecule has 1 aromatic heterocycles. The predicted octanol–water partition coefficient (Wildman–Crippen LogP) is 2.75. The van der Waals surface area contributed by atoms with Crippen molar-refractivity contribution in [3.8, 4) is 17.1 Å². The minimum atomic E-state index is -0.556. The van der Waals surface area contributed by atoms with E-state index in [2.05, 4.69) is 10.1 Å². The predicted molar refractivity (Wildman–Crippen MR) is 87.0 cm³/mol. The Kier molecular flexibility index (Phi) is 5.06. The van der Waals surface area contributed by atoms with E-state index in [4.69, 9.17) is 9.26 Å². The van der Waals surface area contributed by atoms with Gasteiger partial charge in [-0.2, -0.15) is 4.98 Å². The molecule has 0 bridgehead atoms. The second-order valence-electron chi connectivity index (χ2n) is 5.54. The van der Waals surface area contributed by atoms with Gasteiger partial charge in [-0.15, -0.1) is 0 Å². The number of halogens is 1. The Hall–Kier alpha value is -2.77. The quantitative estimate of drug-likeness (QED) is 0.715. The molecule has 25 heavy (non-hydrogen) atoms. The minimum absolute atomic E-state index is 0.0650. The maximum absolute atomic E-state index is 13.4. The lowest BCUT2D eigenvalue weighted by atomic mass is 10.1. The van der Waals surface area contributed by atoms with Crippen molar-refractivity contribution in [2.45, 2.75) is 26.7 Å². The highest BCUT2D eigenvalue weighted by molar-refractivity contribution is 5.54. The van der Waals surface area contributed by atoms with Crippen molar-refractivity contribution in [3.63, 3.8) is 0 Å². The lowest BCUT2D eigenvalue weighted by molar-refractivity contribution is 0.217. The normalized spacial score (nSPS) is 10.9. The molecule has 1 heterocycles. The zero-order valence-electron chi connectivity index (χ0n) is 13.6. The van der Waals surface area contributed by atoms with E-state index in [1.165, 1.54) is 0 Å². The number of hydrogen-bond donors (Lipinski definition) is 2. The second kappa shape index (κ2) is 7.42. The molecule has 0 saturated heterocycles. The molecule has 0 amide bonds. The molecule has 0 atom stereocenters. The summed E-state index contributed by atoms with van der Waals surface area (Å²) < 4.78 is 24.2. The maximum atomic E-state index is 13.4. The molecule has 6 nitrogen and oxygen atoms in total. The Labute approximate surface area is 143 Å². The number of nitrogens with zero attached hydrogens (tertiary/aromatic N) is 2. The number of rotatable bonds is 6. The molecule has 0 unspecified atom stereocenters. The highest BCUT2D eigenvalue weighted by Gasteiger charge is 2.14. The van der Waals surface area contributed by atoms with Crippen LogP contribution in [0.25, 0.3) is 11.4 Å². The first-order chi connectivity index (χ1) is 12.1. The smallest absolute Gasteiger partial charge is 0.264 e. The molecule has 0 aliphatic carbocycles. The third kappa shape index (κ3) is 3.84. The van der Waals surface area contributed by atoms with Crippen molar-refractivity contribution in [2.24, 2.45) is 0 Å². The molecule has 130 valence electrons. The molecule has 0 radical (unpaired) electrons. The standard InChI is InChI=1S/C18H17FN2O4/c1-11-2-4-12(5-3-11)18-20-16(25-21-18)10-24-17-13(8-22)6-15(19)7-14(17)9-23/h2-7,22-23H,8-10H2,1H3. The molecular weight excluding hydrogens is 327 g/mol. The van der Waals surface area contributed by atoms with Gasteiger partial charge in [0.25, 0.3) is 5.89 Å². The summed E-state index contributed by atoms with van der Waals surface area (Å²) in [5.41, 5.74) is 2.42. The monoisotopic (exact) mass is 344 g/mol. The van der Waals surface area contributed by atoms with E-state index < -0.39 is 19.0 Å².